The highest BCUT2D eigenvalue weighted by atomic mass is 16.6. The van der Waals surface area contributed by atoms with Crippen molar-refractivity contribution < 1.29 is 9.34 Å². The average Bonchev–Trinajstić information content (AvgIpc) is 2.80. The Morgan fingerprint density at radius 3 is 2.83 bits per heavy atom. The van der Waals surface area contributed by atoms with Crippen LogP contribution in [0.3, 0.4) is 0 Å². The largest absolute Gasteiger partial charge is 0.433 e. The van der Waals surface area contributed by atoms with E-state index in [0.717, 1.165) is 0 Å². The highest BCUT2D eigenvalue weighted by Crippen LogP contribution is 2.15. The third-order valence-electron chi connectivity index (χ3n) is 2.29. The van der Waals surface area contributed by atoms with Crippen molar-refractivity contribution in [2.75, 3.05) is 0 Å². The number of nitro groups is 1. The zero-order valence-electron chi connectivity index (χ0n) is 9.07. The standard InChI is InChI=1S/C11H7N3O4/c12-6-8-2-1-5-13(11(8)15)7-9-3-4-10(18-9)14(16)17/h1-5H,7H2. The van der Waals surface area contributed by atoms with Crippen LogP contribution in [-0.2, 0) is 6.54 Å². The molecule has 0 radical (unpaired) electrons. The molecule has 0 aliphatic carbocycles. The average molecular weight is 245 g/mol. The van der Waals surface area contributed by atoms with Crippen LogP contribution in [0.15, 0.2) is 39.7 Å². The predicted molar refractivity (Wildman–Crippen MR) is 59.9 cm³/mol. The lowest BCUT2D eigenvalue weighted by atomic mass is 10.3. The van der Waals surface area contributed by atoms with Crippen LogP contribution in [0.1, 0.15) is 11.3 Å². The van der Waals surface area contributed by atoms with Gasteiger partial charge in [0.25, 0.3) is 5.56 Å². The molecule has 2 rings (SSSR count). The van der Waals surface area contributed by atoms with Crippen molar-refractivity contribution in [3.05, 3.63) is 62.3 Å². The van der Waals surface area contributed by atoms with Gasteiger partial charge in [0.15, 0.2) is 0 Å². The fraction of sp³-hybridized carbons (Fsp3) is 0.0909. The van der Waals surface area contributed by atoms with Crippen LogP contribution in [0.2, 0.25) is 0 Å². The van der Waals surface area contributed by atoms with E-state index in [0.29, 0.717) is 0 Å². The first kappa shape index (κ1) is 11.6. The zero-order valence-corrected chi connectivity index (χ0v) is 9.07. The van der Waals surface area contributed by atoms with Crippen molar-refractivity contribution in [2.24, 2.45) is 0 Å². The third kappa shape index (κ3) is 2.12. The Hall–Kier alpha value is -2.88. The summed E-state index contributed by atoms with van der Waals surface area (Å²) in [6.45, 7) is 0.0438. The fourth-order valence-electron chi connectivity index (χ4n) is 1.46. The lowest BCUT2D eigenvalue weighted by Gasteiger charge is -2.02. The van der Waals surface area contributed by atoms with E-state index in [2.05, 4.69) is 0 Å². The van der Waals surface area contributed by atoms with E-state index in [9.17, 15) is 14.9 Å². The number of nitriles is 1. The molecule has 7 heteroatoms. The summed E-state index contributed by atoms with van der Waals surface area (Å²) in [5, 5.41) is 19.1. The molecule has 0 aliphatic rings. The highest BCUT2D eigenvalue weighted by molar-refractivity contribution is 5.25. The number of pyridine rings is 1. The molecule has 0 unspecified atom stereocenters. The van der Waals surface area contributed by atoms with E-state index in [-0.39, 0.29) is 23.8 Å². The lowest BCUT2D eigenvalue weighted by molar-refractivity contribution is -0.402. The molecule has 0 aromatic carbocycles. The van der Waals surface area contributed by atoms with Crippen molar-refractivity contribution >= 4 is 5.88 Å². The SMILES string of the molecule is N#Cc1cccn(Cc2ccc([N+](=O)[O-])o2)c1=O. The second-order valence-electron chi connectivity index (χ2n) is 3.46. The van der Waals surface area contributed by atoms with Crippen LogP contribution in [0.25, 0.3) is 0 Å². The molecule has 0 saturated carbocycles. The first-order valence-corrected chi connectivity index (χ1v) is 4.94. The van der Waals surface area contributed by atoms with E-state index in [1.54, 1.807) is 12.1 Å². The molecule has 2 heterocycles. The quantitative estimate of drug-likeness (QED) is 0.598. The number of nitrogens with zero attached hydrogens (tertiary/aromatic N) is 3. The Labute approximate surface area is 101 Å². The summed E-state index contributed by atoms with van der Waals surface area (Å²) in [5.74, 6) is -0.103. The van der Waals surface area contributed by atoms with Gasteiger partial charge in [0.05, 0.1) is 12.6 Å². The summed E-state index contributed by atoms with van der Waals surface area (Å²) in [6.07, 6.45) is 1.48. The van der Waals surface area contributed by atoms with Gasteiger partial charge in [0.2, 0.25) is 0 Å². The molecule has 0 spiro atoms. The van der Waals surface area contributed by atoms with Crippen LogP contribution in [0.4, 0.5) is 5.88 Å². The minimum absolute atomic E-state index is 0.0126. The topological polar surface area (TPSA) is 102 Å². The van der Waals surface area contributed by atoms with E-state index in [4.69, 9.17) is 9.68 Å². The predicted octanol–water partition coefficient (Wildman–Crippen LogP) is 1.27. The monoisotopic (exact) mass is 245 g/mol. The molecule has 18 heavy (non-hydrogen) atoms. The molecule has 2 aromatic heterocycles. The molecular weight excluding hydrogens is 238 g/mol. The van der Waals surface area contributed by atoms with E-state index in [1.165, 1.54) is 29.0 Å². The van der Waals surface area contributed by atoms with Crippen molar-refractivity contribution in [1.82, 2.24) is 4.57 Å². The van der Waals surface area contributed by atoms with Crippen LogP contribution >= 0.6 is 0 Å². The normalized spacial score (nSPS) is 9.94. The first-order valence-electron chi connectivity index (χ1n) is 4.94. The maximum Gasteiger partial charge on any atom is 0.433 e. The van der Waals surface area contributed by atoms with Crippen molar-refractivity contribution in [3.63, 3.8) is 0 Å². The van der Waals surface area contributed by atoms with Gasteiger partial charge in [-0.25, -0.2) is 0 Å². The Balaban J connectivity index is 2.32. The summed E-state index contributed by atoms with van der Waals surface area (Å²) in [5.41, 5.74) is -0.447. The van der Waals surface area contributed by atoms with Crippen LogP contribution in [-0.4, -0.2) is 9.49 Å². The van der Waals surface area contributed by atoms with Gasteiger partial charge in [0, 0.05) is 6.20 Å². The van der Waals surface area contributed by atoms with E-state index in [1.807, 2.05) is 0 Å². The molecule has 0 saturated heterocycles. The summed E-state index contributed by atoms with van der Waals surface area (Å²) >= 11 is 0. The lowest BCUT2D eigenvalue weighted by Crippen LogP contribution is -2.21. The molecule has 0 atom stereocenters. The third-order valence-corrected chi connectivity index (χ3v) is 2.29. The van der Waals surface area contributed by atoms with Gasteiger partial charge in [-0.3, -0.25) is 14.9 Å². The Morgan fingerprint density at radius 1 is 1.44 bits per heavy atom. The molecular formula is C11H7N3O4. The fourth-order valence-corrected chi connectivity index (χ4v) is 1.46. The number of rotatable bonds is 3. The van der Waals surface area contributed by atoms with Crippen LogP contribution < -0.4 is 5.56 Å². The Bertz CT molecular complexity index is 693. The van der Waals surface area contributed by atoms with Crippen LogP contribution in [0, 0.1) is 21.4 Å². The molecule has 0 bridgehead atoms. The van der Waals surface area contributed by atoms with Crippen molar-refractivity contribution in [1.29, 1.82) is 5.26 Å². The maximum absolute atomic E-state index is 11.7. The molecule has 2 aromatic rings. The molecule has 0 fully saturated rings. The summed E-state index contributed by atoms with van der Waals surface area (Å²) in [4.78, 5) is 21.5. The maximum atomic E-state index is 11.7. The highest BCUT2D eigenvalue weighted by Gasteiger charge is 2.12. The zero-order chi connectivity index (χ0) is 13.1. The second kappa shape index (κ2) is 4.55. The van der Waals surface area contributed by atoms with E-state index >= 15 is 0 Å². The number of aromatic nitrogens is 1. The summed E-state index contributed by atoms with van der Waals surface area (Å²) < 4.78 is 6.19. The van der Waals surface area contributed by atoms with Crippen molar-refractivity contribution in [3.8, 4) is 6.07 Å². The number of furan rings is 1. The molecule has 90 valence electrons. The Morgan fingerprint density at radius 2 is 2.22 bits per heavy atom. The summed E-state index contributed by atoms with van der Waals surface area (Å²) in [6, 6.07) is 7.37. The first-order chi connectivity index (χ1) is 8.61. The number of hydrogen-bond donors (Lipinski definition) is 0. The van der Waals surface area contributed by atoms with Gasteiger partial charge in [-0.1, -0.05) is 0 Å². The van der Waals surface area contributed by atoms with Gasteiger partial charge < -0.3 is 8.98 Å². The molecule has 0 aliphatic heterocycles. The van der Waals surface area contributed by atoms with Gasteiger partial charge in [-0.05, 0) is 18.2 Å². The van der Waals surface area contributed by atoms with Gasteiger partial charge in [0.1, 0.15) is 22.3 Å². The van der Waals surface area contributed by atoms with Gasteiger partial charge in [-0.15, -0.1) is 0 Å². The van der Waals surface area contributed by atoms with Gasteiger partial charge >= 0.3 is 5.88 Å². The number of hydrogen-bond acceptors (Lipinski definition) is 5. The second-order valence-corrected chi connectivity index (χ2v) is 3.46. The minimum atomic E-state index is -0.655. The molecule has 0 amide bonds. The van der Waals surface area contributed by atoms with Crippen molar-refractivity contribution in [2.45, 2.75) is 6.54 Å². The molecule has 0 N–H and O–H groups in total. The van der Waals surface area contributed by atoms with Gasteiger partial charge in [-0.2, -0.15) is 5.26 Å². The van der Waals surface area contributed by atoms with Crippen LogP contribution in [0.5, 0.6) is 0 Å². The minimum Gasteiger partial charge on any atom is -0.404 e. The Kier molecular flexibility index (Phi) is 2.93. The smallest absolute Gasteiger partial charge is 0.404 e. The molecule has 7 nitrogen and oxygen atoms in total. The van der Waals surface area contributed by atoms with E-state index < -0.39 is 10.5 Å². The summed E-state index contributed by atoms with van der Waals surface area (Å²) in [7, 11) is 0.